The maximum Gasteiger partial charge on any atom is 0.248 e. The van der Waals surface area contributed by atoms with Gasteiger partial charge in [-0.1, -0.05) is 0 Å². The predicted molar refractivity (Wildman–Crippen MR) is 42.2 cm³/mol. The Hall–Kier alpha value is -1.16. The number of unbranched alkanes of at least 4 members (excludes halogenated alkanes) is 1. The Morgan fingerprint density at radius 3 is 2.92 bits per heavy atom. The molecule has 1 aliphatic rings. The van der Waals surface area contributed by atoms with Crippen LogP contribution in [0.25, 0.3) is 0 Å². The highest BCUT2D eigenvalue weighted by Gasteiger charge is 2.22. The van der Waals surface area contributed by atoms with E-state index in [2.05, 4.69) is 0 Å². The van der Waals surface area contributed by atoms with Gasteiger partial charge in [-0.2, -0.15) is 0 Å². The molecule has 0 saturated heterocycles. The minimum absolute atomic E-state index is 0.187. The van der Waals surface area contributed by atoms with Gasteiger partial charge in [-0.15, -0.1) is 0 Å². The maximum absolute atomic E-state index is 11.0. The Kier molecular flexibility index (Phi) is 2.99. The zero-order valence-corrected chi connectivity index (χ0v) is 6.64. The Balaban J connectivity index is 2.32. The fourth-order valence-corrected chi connectivity index (χ4v) is 1.09. The maximum atomic E-state index is 11.0. The lowest BCUT2D eigenvalue weighted by molar-refractivity contribution is -0.131. The van der Waals surface area contributed by atoms with E-state index >= 15 is 0 Å². The van der Waals surface area contributed by atoms with Crippen molar-refractivity contribution in [2.75, 3.05) is 6.54 Å². The molecule has 0 aliphatic carbocycles. The van der Waals surface area contributed by atoms with Gasteiger partial charge in [-0.3, -0.25) is 4.79 Å². The number of aliphatic hydroxyl groups is 1. The van der Waals surface area contributed by atoms with Crippen LogP contribution >= 0.6 is 0 Å². The van der Waals surface area contributed by atoms with Gasteiger partial charge < -0.3 is 14.8 Å². The molecule has 0 aromatic rings. The van der Waals surface area contributed by atoms with E-state index in [4.69, 9.17) is 0 Å². The minimum Gasteiger partial charge on any atom is -0.370 e. The number of hydrogen-bond donors (Lipinski definition) is 1. The topological polar surface area (TPSA) is 57.6 Å². The van der Waals surface area contributed by atoms with Crippen LogP contribution in [0.4, 0.5) is 0 Å². The number of nitrogens with zero attached hydrogens (tertiary/aromatic N) is 1. The summed E-state index contributed by atoms with van der Waals surface area (Å²) >= 11 is 0. The summed E-state index contributed by atoms with van der Waals surface area (Å²) in [6, 6.07) is 0. The number of carbonyl (C=O) groups is 2. The van der Waals surface area contributed by atoms with E-state index in [0.717, 1.165) is 6.29 Å². The molecule has 66 valence electrons. The summed E-state index contributed by atoms with van der Waals surface area (Å²) in [5, 5.41) is 9.19. The second-order valence-corrected chi connectivity index (χ2v) is 2.61. The van der Waals surface area contributed by atoms with Crippen LogP contribution in [0.5, 0.6) is 0 Å². The second kappa shape index (κ2) is 4.01. The van der Waals surface area contributed by atoms with Crippen molar-refractivity contribution in [2.45, 2.75) is 19.1 Å². The van der Waals surface area contributed by atoms with Gasteiger partial charge in [0.15, 0.2) is 0 Å². The van der Waals surface area contributed by atoms with Crippen molar-refractivity contribution < 1.29 is 14.7 Å². The van der Waals surface area contributed by atoms with Crippen LogP contribution in [0, 0.1) is 0 Å². The Morgan fingerprint density at radius 1 is 1.67 bits per heavy atom. The standard InChI is InChI=1S/C8H11NO3/c10-6-2-1-5-9-7(11)3-4-8(9)12/h3-4,6-7,11H,1-2,5H2. The van der Waals surface area contributed by atoms with Crippen LogP contribution in [-0.2, 0) is 9.59 Å². The molecule has 1 rings (SSSR count). The van der Waals surface area contributed by atoms with Crippen molar-refractivity contribution in [3.63, 3.8) is 0 Å². The molecule has 1 unspecified atom stereocenters. The lowest BCUT2D eigenvalue weighted by Crippen LogP contribution is -2.34. The van der Waals surface area contributed by atoms with Crippen LogP contribution in [0.15, 0.2) is 12.2 Å². The SMILES string of the molecule is O=CCCCN1C(=O)C=CC1O. The van der Waals surface area contributed by atoms with Crippen LogP contribution in [0.2, 0.25) is 0 Å². The molecule has 0 fully saturated rings. The van der Waals surface area contributed by atoms with Crippen molar-refractivity contribution in [2.24, 2.45) is 0 Å². The van der Waals surface area contributed by atoms with Gasteiger partial charge in [0.2, 0.25) is 5.91 Å². The number of hydrogen-bond acceptors (Lipinski definition) is 3. The van der Waals surface area contributed by atoms with Crippen LogP contribution in [-0.4, -0.2) is 35.0 Å². The summed E-state index contributed by atoms with van der Waals surface area (Å²) in [5.74, 6) is -0.187. The molecule has 4 heteroatoms. The molecule has 0 aromatic carbocycles. The smallest absolute Gasteiger partial charge is 0.248 e. The summed E-state index contributed by atoms with van der Waals surface area (Å²) in [5.41, 5.74) is 0. The predicted octanol–water partition coefficient (Wildman–Crippen LogP) is -0.318. The van der Waals surface area contributed by atoms with E-state index in [-0.39, 0.29) is 5.91 Å². The molecular formula is C8H11NO3. The molecule has 4 nitrogen and oxygen atoms in total. The zero-order chi connectivity index (χ0) is 8.97. The Labute approximate surface area is 70.5 Å². The number of carbonyl (C=O) groups excluding carboxylic acids is 2. The summed E-state index contributed by atoms with van der Waals surface area (Å²) in [6.07, 6.45) is 3.81. The lowest BCUT2D eigenvalue weighted by atomic mass is 10.3. The lowest BCUT2D eigenvalue weighted by Gasteiger charge is -2.19. The first-order valence-electron chi connectivity index (χ1n) is 3.86. The first-order valence-corrected chi connectivity index (χ1v) is 3.86. The largest absolute Gasteiger partial charge is 0.370 e. The summed E-state index contributed by atoms with van der Waals surface area (Å²) in [6.45, 7) is 0.436. The molecule has 0 radical (unpaired) electrons. The molecule has 1 N–H and O–H groups in total. The van der Waals surface area contributed by atoms with Gasteiger partial charge in [0.25, 0.3) is 0 Å². The number of amides is 1. The Morgan fingerprint density at radius 2 is 2.42 bits per heavy atom. The first kappa shape index (κ1) is 8.93. The van der Waals surface area contributed by atoms with Crippen molar-refractivity contribution in [3.05, 3.63) is 12.2 Å². The van der Waals surface area contributed by atoms with Gasteiger partial charge in [0.05, 0.1) is 0 Å². The van der Waals surface area contributed by atoms with E-state index in [9.17, 15) is 14.7 Å². The van der Waals surface area contributed by atoms with Gasteiger partial charge in [0.1, 0.15) is 12.5 Å². The fourth-order valence-electron chi connectivity index (χ4n) is 1.09. The average molecular weight is 169 g/mol. The zero-order valence-electron chi connectivity index (χ0n) is 6.64. The van der Waals surface area contributed by atoms with Crippen molar-refractivity contribution in [1.29, 1.82) is 0 Å². The Bertz CT molecular complexity index is 212. The number of aliphatic hydroxyl groups excluding tert-OH is 1. The van der Waals surface area contributed by atoms with Gasteiger partial charge >= 0.3 is 0 Å². The molecule has 0 aromatic heterocycles. The van der Waals surface area contributed by atoms with Gasteiger partial charge in [-0.25, -0.2) is 0 Å². The molecule has 1 atom stereocenters. The average Bonchev–Trinajstić information content (AvgIpc) is 2.35. The van der Waals surface area contributed by atoms with Crippen LogP contribution in [0.1, 0.15) is 12.8 Å². The first-order chi connectivity index (χ1) is 5.75. The molecule has 12 heavy (non-hydrogen) atoms. The number of rotatable bonds is 4. The second-order valence-electron chi connectivity index (χ2n) is 2.61. The van der Waals surface area contributed by atoms with Crippen LogP contribution in [0.3, 0.4) is 0 Å². The summed E-state index contributed by atoms with van der Waals surface area (Å²) < 4.78 is 0. The van der Waals surface area contributed by atoms with Gasteiger partial charge in [-0.05, 0) is 12.5 Å². The highest BCUT2D eigenvalue weighted by atomic mass is 16.3. The van der Waals surface area contributed by atoms with Crippen molar-refractivity contribution in [1.82, 2.24) is 4.90 Å². The third kappa shape index (κ3) is 1.92. The molecular weight excluding hydrogens is 158 g/mol. The fraction of sp³-hybridized carbons (Fsp3) is 0.500. The quantitative estimate of drug-likeness (QED) is 0.463. The normalized spacial score (nSPS) is 21.9. The summed E-state index contributed by atoms with van der Waals surface area (Å²) in [7, 11) is 0. The van der Waals surface area contributed by atoms with E-state index in [1.165, 1.54) is 17.1 Å². The molecule has 0 spiro atoms. The van der Waals surface area contributed by atoms with Gasteiger partial charge in [0, 0.05) is 19.0 Å². The molecule has 1 aliphatic heterocycles. The highest BCUT2D eigenvalue weighted by Crippen LogP contribution is 2.08. The minimum atomic E-state index is -0.802. The van der Waals surface area contributed by atoms with Crippen molar-refractivity contribution in [3.8, 4) is 0 Å². The third-order valence-corrected chi connectivity index (χ3v) is 1.73. The monoisotopic (exact) mass is 169 g/mol. The van der Waals surface area contributed by atoms with Crippen LogP contribution < -0.4 is 0 Å². The van der Waals surface area contributed by atoms with Crippen molar-refractivity contribution >= 4 is 12.2 Å². The highest BCUT2D eigenvalue weighted by molar-refractivity contribution is 5.90. The van der Waals surface area contributed by atoms with E-state index in [0.29, 0.717) is 19.4 Å². The van der Waals surface area contributed by atoms with E-state index in [1.807, 2.05) is 0 Å². The molecule has 0 bridgehead atoms. The molecule has 0 saturated carbocycles. The summed E-state index contributed by atoms with van der Waals surface area (Å²) in [4.78, 5) is 22.3. The van der Waals surface area contributed by atoms with E-state index in [1.54, 1.807) is 0 Å². The third-order valence-electron chi connectivity index (χ3n) is 1.73. The molecule has 1 amide bonds. The number of aldehydes is 1. The molecule has 1 heterocycles. The van der Waals surface area contributed by atoms with E-state index < -0.39 is 6.23 Å².